The highest BCUT2D eigenvalue weighted by Crippen LogP contribution is 2.21. The van der Waals surface area contributed by atoms with Gasteiger partial charge < -0.3 is 15.6 Å². The second-order valence-corrected chi connectivity index (χ2v) is 5.57. The van der Waals surface area contributed by atoms with Crippen molar-refractivity contribution in [3.05, 3.63) is 11.9 Å². The van der Waals surface area contributed by atoms with Crippen LogP contribution in [0.25, 0.3) is 0 Å². The summed E-state index contributed by atoms with van der Waals surface area (Å²) in [4.78, 5) is 0. The average molecular weight is 268 g/mol. The van der Waals surface area contributed by atoms with Gasteiger partial charge in [-0.25, -0.2) is 0 Å². The van der Waals surface area contributed by atoms with Crippen LogP contribution in [0.15, 0.2) is 6.20 Å². The molecule has 0 amide bonds. The Morgan fingerprint density at radius 2 is 2.32 bits per heavy atom. The monoisotopic (exact) mass is 268 g/mol. The van der Waals surface area contributed by atoms with Crippen molar-refractivity contribution in [3.8, 4) is 0 Å². The lowest BCUT2D eigenvalue weighted by atomic mass is 9.98. The third-order valence-corrected chi connectivity index (χ3v) is 3.67. The normalized spacial score (nSPS) is 27.9. The molecule has 1 fully saturated rings. The van der Waals surface area contributed by atoms with Crippen LogP contribution < -0.4 is 5.73 Å². The van der Waals surface area contributed by atoms with Gasteiger partial charge in [0.1, 0.15) is 0 Å². The van der Waals surface area contributed by atoms with Crippen molar-refractivity contribution < 1.29 is 9.84 Å². The highest BCUT2D eigenvalue weighted by atomic mass is 16.5. The summed E-state index contributed by atoms with van der Waals surface area (Å²) in [7, 11) is 0. The number of hydrogen-bond acceptors (Lipinski definition) is 5. The Bertz CT molecular complexity index is 394. The molecule has 2 rings (SSSR count). The largest absolute Gasteiger partial charge is 0.394 e. The summed E-state index contributed by atoms with van der Waals surface area (Å²) in [5.41, 5.74) is 6.90. The van der Waals surface area contributed by atoms with E-state index in [2.05, 4.69) is 24.2 Å². The van der Waals surface area contributed by atoms with Crippen LogP contribution in [0.1, 0.15) is 44.7 Å². The fraction of sp³-hybridized carbons (Fsp3) is 0.846. The topological polar surface area (TPSA) is 86.2 Å². The molecule has 19 heavy (non-hydrogen) atoms. The van der Waals surface area contributed by atoms with Crippen molar-refractivity contribution in [1.29, 1.82) is 0 Å². The summed E-state index contributed by atoms with van der Waals surface area (Å²) in [5, 5.41) is 17.4. The molecule has 0 aromatic carbocycles. The zero-order valence-electron chi connectivity index (χ0n) is 11.7. The highest BCUT2D eigenvalue weighted by molar-refractivity contribution is 4.98. The molecule has 0 saturated carbocycles. The zero-order valence-corrected chi connectivity index (χ0v) is 11.7. The Morgan fingerprint density at radius 1 is 1.53 bits per heavy atom. The van der Waals surface area contributed by atoms with Crippen molar-refractivity contribution in [2.45, 2.75) is 63.8 Å². The summed E-state index contributed by atoms with van der Waals surface area (Å²) in [5.74, 6) is 0.399. The van der Waals surface area contributed by atoms with Gasteiger partial charge >= 0.3 is 0 Å². The molecule has 0 aliphatic carbocycles. The summed E-state index contributed by atoms with van der Waals surface area (Å²) >= 11 is 0. The number of nitrogens with zero attached hydrogens (tertiary/aromatic N) is 3. The van der Waals surface area contributed by atoms with Crippen molar-refractivity contribution in [1.82, 2.24) is 15.0 Å². The number of aliphatic hydroxyl groups is 1. The van der Waals surface area contributed by atoms with Crippen LogP contribution >= 0.6 is 0 Å². The summed E-state index contributed by atoms with van der Waals surface area (Å²) in [6.07, 6.45) is 4.66. The molecule has 1 aromatic rings. The lowest BCUT2D eigenvalue weighted by Gasteiger charge is -2.33. The standard InChI is InChI=1S/C13H24N4O2/c1-9(2)12-7-17(16-15-12)6-5-10-3-4-11(14)13(8-18)19-10/h7,9-11,13,18H,3-6,8,14H2,1-2H3/t10-,11-,13+/m0/s1. The van der Waals surface area contributed by atoms with Gasteiger partial charge in [-0.05, 0) is 25.2 Å². The lowest BCUT2D eigenvalue weighted by molar-refractivity contribution is -0.0861. The molecule has 1 aromatic heterocycles. The van der Waals surface area contributed by atoms with Crippen LogP contribution in [-0.4, -0.2) is 45.0 Å². The van der Waals surface area contributed by atoms with Gasteiger partial charge in [0, 0.05) is 18.8 Å². The van der Waals surface area contributed by atoms with Gasteiger partial charge in [-0.1, -0.05) is 19.1 Å². The predicted molar refractivity (Wildman–Crippen MR) is 71.7 cm³/mol. The van der Waals surface area contributed by atoms with E-state index in [-0.39, 0.29) is 24.9 Å². The second kappa shape index (κ2) is 6.45. The van der Waals surface area contributed by atoms with E-state index in [1.807, 2.05) is 10.9 Å². The van der Waals surface area contributed by atoms with Crippen LogP contribution in [0.5, 0.6) is 0 Å². The minimum Gasteiger partial charge on any atom is -0.394 e. The first-order valence-electron chi connectivity index (χ1n) is 7.02. The van der Waals surface area contributed by atoms with Crippen LogP contribution in [0.4, 0.5) is 0 Å². The summed E-state index contributed by atoms with van der Waals surface area (Å²) in [6.45, 7) is 4.99. The molecule has 0 bridgehead atoms. The molecule has 1 saturated heterocycles. The van der Waals surface area contributed by atoms with Gasteiger partial charge in [-0.2, -0.15) is 0 Å². The molecule has 3 N–H and O–H groups in total. The Morgan fingerprint density at radius 3 is 2.95 bits per heavy atom. The van der Waals surface area contributed by atoms with Crippen LogP contribution in [0.2, 0.25) is 0 Å². The van der Waals surface area contributed by atoms with Gasteiger partial charge in [0.2, 0.25) is 0 Å². The van der Waals surface area contributed by atoms with Crippen LogP contribution in [-0.2, 0) is 11.3 Å². The SMILES string of the molecule is CC(C)c1cn(CC[C@@H]2CC[C@H](N)[C@@H](CO)O2)nn1. The third-order valence-electron chi connectivity index (χ3n) is 3.67. The summed E-state index contributed by atoms with van der Waals surface area (Å²) in [6, 6.07) is -0.0415. The number of rotatable bonds is 5. The molecule has 1 aliphatic heterocycles. The van der Waals surface area contributed by atoms with Crippen molar-refractivity contribution >= 4 is 0 Å². The minimum atomic E-state index is -0.222. The molecule has 0 unspecified atom stereocenters. The predicted octanol–water partition coefficient (Wildman–Crippen LogP) is 0.659. The van der Waals surface area contributed by atoms with Crippen molar-refractivity contribution in [3.63, 3.8) is 0 Å². The lowest BCUT2D eigenvalue weighted by Crippen LogP contribution is -2.46. The Hall–Kier alpha value is -0.980. The third kappa shape index (κ3) is 3.75. The Balaban J connectivity index is 1.81. The highest BCUT2D eigenvalue weighted by Gasteiger charge is 2.28. The molecule has 108 valence electrons. The zero-order chi connectivity index (χ0) is 13.8. The molecule has 1 aliphatic rings. The van der Waals surface area contributed by atoms with Gasteiger partial charge in [-0.3, -0.25) is 4.68 Å². The number of aryl methyl sites for hydroxylation is 1. The molecule has 2 heterocycles. The van der Waals surface area contributed by atoms with E-state index in [1.54, 1.807) is 0 Å². The first kappa shape index (κ1) is 14.4. The first-order chi connectivity index (χ1) is 9.10. The molecule has 3 atom stereocenters. The van der Waals surface area contributed by atoms with E-state index in [1.165, 1.54) is 0 Å². The van der Waals surface area contributed by atoms with Gasteiger partial charge in [0.25, 0.3) is 0 Å². The first-order valence-corrected chi connectivity index (χ1v) is 7.02. The molecule has 0 spiro atoms. The number of nitrogens with two attached hydrogens (primary N) is 1. The average Bonchev–Trinajstić information content (AvgIpc) is 2.87. The second-order valence-electron chi connectivity index (χ2n) is 5.57. The van der Waals surface area contributed by atoms with Gasteiger partial charge in [0.15, 0.2) is 0 Å². The molecule has 0 radical (unpaired) electrons. The fourth-order valence-corrected chi connectivity index (χ4v) is 2.33. The van der Waals surface area contributed by atoms with E-state index >= 15 is 0 Å². The smallest absolute Gasteiger partial charge is 0.0959 e. The van der Waals surface area contributed by atoms with Crippen LogP contribution in [0, 0.1) is 0 Å². The number of ether oxygens (including phenoxy) is 1. The molecule has 6 heteroatoms. The maximum Gasteiger partial charge on any atom is 0.0959 e. The Kier molecular flexibility index (Phi) is 4.90. The van der Waals surface area contributed by atoms with Gasteiger partial charge in [-0.15, -0.1) is 5.10 Å². The van der Waals surface area contributed by atoms with E-state index in [0.717, 1.165) is 31.5 Å². The Labute approximate surface area is 113 Å². The van der Waals surface area contributed by atoms with E-state index in [4.69, 9.17) is 10.5 Å². The van der Waals surface area contributed by atoms with E-state index in [9.17, 15) is 5.11 Å². The van der Waals surface area contributed by atoms with Crippen molar-refractivity contribution in [2.24, 2.45) is 5.73 Å². The van der Waals surface area contributed by atoms with E-state index in [0.29, 0.717) is 5.92 Å². The number of aromatic nitrogens is 3. The minimum absolute atomic E-state index is 0.00150. The molecule has 6 nitrogen and oxygen atoms in total. The van der Waals surface area contributed by atoms with Crippen LogP contribution in [0.3, 0.4) is 0 Å². The number of hydrogen-bond donors (Lipinski definition) is 2. The summed E-state index contributed by atoms with van der Waals surface area (Å²) < 4.78 is 7.65. The van der Waals surface area contributed by atoms with E-state index < -0.39 is 0 Å². The quantitative estimate of drug-likeness (QED) is 0.819. The number of aliphatic hydroxyl groups excluding tert-OH is 1. The molecular weight excluding hydrogens is 244 g/mol. The maximum atomic E-state index is 9.20. The fourth-order valence-electron chi connectivity index (χ4n) is 2.33. The van der Waals surface area contributed by atoms with Crippen molar-refractivity contribution in [2.75, 3.05) is 6.61 Å². The molecular formula is C13H24N4O2. The van der Waals surface area contributed by atoms with Gasteiger partial charge in [0.05, 0.1) is 24.5 Å². The maximum absolute atomic E-state index is 9.20.